The fraction of sp³-hybridized carbons (Fsp3) is 1.00. The lowest BCUT2D eigenvalue weighted by molar-refractivity contribution is 0.0232. The standard InChI is InChI=1S/C13H25NO/c1-12(2)7-3-4-8-13(12,14)10-11-6-5-9-15-11/h11H,3-10,14H2,1-2H3. The quantitative estimate of drug-likeness (QED) is 0.762. The minimum absolute atomic E-state index is 0.0141. The van der Waals surface area contributed by atoms with E-state index in [1.54, 1.807) is 0 Å². The first-order valence-corrected chi connectivity index (χ1v) is 6.44. The summed E-state index contributed by atoms with van der Waals surface area (Å²) in [5.41, 5.74) is 6.94. The maximum absolute atomic E-state index is 6.64. The summed E-state index contributed by atoms with van der Waals surface area (Å²) in [6, 6.07) is 0. The Morgan fingerprint density at radius 3 is 2.53 bits per heavy atom. The number of hydrogen-bond acceptors (Lipinski definition) is 2. The molecule has 2 rings (SSSR count). The molecule has 88 valence electrons. The summed E-state index contributed by atoms with van der Waals surface area (Å²) in [5.74, 6) is 0. The van der Waals surface area contributed by atoms with Crippen molar-refractivity contribution in [3.8, 4) is 0 Å². The molecule has 2 fully saturated rings. The van der Waals surface area contributed by atoms with Crippen LogP contribution in [0.15, 0.2) is 0 Å². The van der Waals surface area contributed by atoms with Gasteiger partial charge < -0.3 is 10.5 Å². The second-order valence-corrected chi connectivity index (χ2v) is 6.09. The van der Waals surface area contributed by atoms with Crippen molar-refractivity contribution in [3.63, 3.8) is 0 Å². The predicted molar refractivity (Wildman–Crippen MR) is 62.8 cm³/mol. The summed E-state index contributed by atoms with van der Waals surface area (Å²) in [6.45, 7) is 5.61. The van der Waals surface area contributed by atoms with Gasteiger partial charge in [0.05, 0.1) is 6.10 Å². The van der Waals surface area contributed by atoms with Gasteiger partial charge in [0.1, 0.15) is 0 Å². The monoisotopic (exact) mass is 211 g/mol. The molecule has 2 atom stereocenters. The van der Waals surface area contributed by atoms with Gasteiger partial charge in [0.15, 0.2) is 0 Å². The molecule has 1 saturated carbocycles. The largest absolute Gasteiger partial charge is 0.378 e. The summed E-state index contributed by atoms with van der Waals surface area (Å²) in [7, 11) is 0. The topological polar surface area (TPSA) is 35.2 Å². The number of rotatable bonds is 2. The van der Waals surface area contributed by atoms with Crippen LogP contribution in [-0.4, -0.2) is 18.2 Å². The van der Waals surface area contributed by atoms with E-state index < -0.39 is 0 Å². The van der Waals surface area contributed by atoms with E-state index in [0.29, 0.717) is 6.10 Å². The fourth-order valence-electron chi connectivity index (χ4n) is 3.18. The highest BCUT2D eigenvalue weighted by molar-refractivity contribution is 5.01. The second kappa shape index (κ2) is 4.06. The summed E-state index contributed by atoms with van der Waals surface area (Å²) in [6.07, 6.45) is 9.04. The van der Waals surface area contributed by atoms with Crippen LogP contribution in [0.2, 0.25) is 0 Å². The van der Waals surface area contributed by atoms with Gasteiger partial charge >= 0.3 is 0 Å². The highest BCUT2D eigenvalue weighted by Gasteiger charge is 2.45. The van der Waals surface area contributed by atoms with Gasteiger partial charge in [-0.2, -0.15) is 0 Å². The zero-order valence-corrected chi connectivity index (χ0v) is 10.2. The lowest BCUT2D eigenvalue weighted by atomic mass is 9.61. The molecule has 1 saturated heterocycles. The van der Waals surface area contributed by atoms with Crippen LogP contribution in [0.4, 0.5) is 0 Å². The Kier molecular flexibility index (Phi) is 3.09. The smallest absolute Gasteiger partial charge is 0.0593 e. The molecule has 2 unspecified atom stereocenters. The minimum Gasteiger partial charge on any atom is -0.378 e. The van der Waals surface area contributed by atoms with Crippen molar-refractivity contribution >= 4 is 0 Å². The molecule has 0 aromatic carbocycles. The van der Waals surface area contributed by atoms with Crippen LogP contribution in [0, 0.1) is 5.41 Å². The number of ether oxygens (including phenoxy) is 1. The number of nitrogens with two attached hydrogens (primary N) is 1. The Bertz CT molecular complexity index is 221. The van der Waals surface area contributed by atoms with Crippen LogP contribution in [0.5, 0.6) is 0 Å². The lowest BCUT2D eigenvalue weighted by Gasteiger charge is -2.49. The average molecular weight is 211 g/mol. The van der Waals surface area contributed by atoms with Crippen LogP contribution in [0.1, 0.15) is 58.8 Å². The van der Waals surface area contributed by atoms with Crippen LogP contribution in [-0.2, 0) is 4.74 Å². The van der Waals surface area contributed by atoms with Gasteiger partial charge in [0.25, 0.3) is 0 Å². The Balaban J connectivity index is 2.02. The molecule has 0 aromatic rings. The van der Waals surface area contributed by atoms with E-state index in [1.807, 2.05) is 0 Å². The molecule has 0 bridgehead atoms. The van der Waals surface area contributed by atoms with E-state index >= 15 is 0 Å². The van der Waals surface area contributed by atoms with Crippen molar-refractivity contribution in [2.45, 2.75) is 70.4 Å². The predicted octanol–water partition coefficient (Wildman–Crippen LogP) is 2.85. The van der Waals surface area contributed by atoms with Gasteiger partial charge in [0.2, 0.25) is 0 Å². The van der Waals surface area contributed by atoms with Gasteiger partial charge in [-0.05, 0) is 37.5 Å². The second-order valence-electron chi connectivity index (χ2n) is 6.09. The molecule has 2 nitrogen and oxygen atoms in total. The number of hydrogen-bond donors (Lipinski definition) is 1. The lowest BCUT2D eigenvalue weighted by Crippen LogP contribution is -2.56. The third-order valence-electron chi connectivity index (χ3n) is 4.64. The molecule has 0 amide bonds. The Morgan fingerprint density at radius 1 is 1.20 bits per heavy atom. The average Bonchev–Trinajstić information content (AvgIpc) is 2.63. The molecular formula is C13H25NO. The molecule has 1 aliphatic heterocycles. The van der Waals surface area contributed by atoms with Gasteiger partial charge in [0, 0.05) is 12.1 Å². The molecule has 0 radical (unpaired) electrons. The summed E-state index contributed by atoms with van der Waals surface area (Å²) < 4.78 is 5.73. The van der Waals surface area contributed by atoms with Crippen LogP contribution >= 0.6 is 0 Å². The molecule has 1 heterocycles. The minimum atomic E-state index is 0.0141. The third kappa shape index (κ3) is 2.21. The van der Waals surface area contributed by atoms with Crippen LogP contribution < -0.4 is 5.73 Å². The maximum Gasteiger partial charge on any atom is 0.0593 e. The Morgan fingerprint density at radius 2 is 1.93 bits per heavy atom. The van der Waals surface area contributed by atoms with Crippen molar-refractivity contribution in [1.29, 1.82) is 0 Å². The normalized spacial score (nSPS) is 40.6. The van der Waals surface area contributed by atoms with E-state index in [9.17, 15) is 0 Å². The third-order valence-corrected chi connectivity index (χ3v) is 4.64. The Hall–Kier alpha value is -0.0800. The summed E-state index contributed by atoms with van der Waals surface area (Å²) in [5, 5.41) is 0. The van der Waals surface area contributed by atoms with Crippen LogP contribution in [0.3, 0.4) is 0 Å². The molecule has 0 spiro atoms. The molecule has 15 heavy (non-hydrogen) atoms. The van der Waals surface area contributed by atoms with E-state index in [-0.39, 0.29) is 11.0 Å². The van der Waals surface area contributed by atoms with Gasteiger partial charge in [-0.25, -0.2) is 0 Å². The molecule has 2 aliphatic rings. The molecular weight excluding hydrogens is 186 g/mol. The van der Waals surface area contributed by atoms with Crippen molar-refractivity contribution in [2.75, 3.05) is 6.61 Å². The summed E-state index contributed by atoms with van der Waals surface area (Å²) in [4.78, 5) is 0. The molecule has 2 heteroatoms. The highest BCUT2D eigenvalue weighted by Crippen LogP contribution is 2.45. The van der Waals surface area contributed by atoms with Gasteiger partial charge in [-0.1, -0.05) is 26.7 Å². The molecule has 1 aliphatic carbocycles. The van der Waals surface area contributed by atoms with E-state index in [1.165, 1.54) is 38.5 Å². The first-order valence-electron chi connectivity index (χ1n) is 6.44. The van der Waals surface area contributed by atoms with Crippen molar-refractivity contribution < 1.29 is 4.74 Å². The zero-order chi connectivity index (χ0) is 10.9. The summed E-state index contributed by atoms with van der Waals surface area (Å²) >= 11 is 0. The molecule has 0 aromatic heterocycles. The van der Waals surface area contributed by atoms with Crippen molar-refractivity contribution in [2.24, 2.45) is 11.1 Å². The zero-order valence-electron chi connectivity index (χ0n) is 10.2. The van der Waals surface area contributed by atoms with Crippen molar-refractivity contribution in [3.05, 3.63) is 0 Å². The Labute approximate surface area is 93.6 Å². The van der Waals surface area contributed by atoms with E-state index in [4.69, 9.17) is 10.5 Å². The van der Waals surface area contributed by atoms with Gasteiger partial charge in [-0.3, -0.25) is 0 Å². The first kappa shape index (κ1) is 11.4. The maximum atomic E-state index is 6.64. The van der Waals surface area contributed by atoms with Crippen LogP contribution in [0.25, 0.3) is 0 Å². The fourth-order valence-corrected chi connectivity index (χ4v) is 3.18. The van der Waals surface area contributed by atoms with Crippen molar-refractivity contribution in [1.82, 2.24) is 0 Å². The van der Waals surface area contributed by atoms with Gasteiger partial charge in [-0.15, -0.1) is 0 Å². The SMILES string of the molecule is CC1(C)CCCCC1(N)CC1CCCO1. The van der Waals surface area contributed by atoms with E-state index in [2.05, 4.69) is 13.8 Å². The van der Waals surface area contributed by atoms with E-state index in [0.717, 1.165) is 13.0 Å². The first-order chi connectivity index (χ1) is 7.04. The molecule has 2 N–H and O–H groups in total. The highest BCUT2D eigenvalue weighted by atomic mass is 16.5.